The number of H-pyrrole nitrogens is 1. The van der Waals surface area contributed by atoms with Crippen LogP contribution >= 0.6 is 11.3 Å². The number of fused-ring (bicyclic) bond motifs is 1. The van der Waals surface area contributed by atoms with Gasteiger partial charge >= 0.3 is 0 Å². The SMILES string of the molecule is NC(=O)CNCc1nc2ccsc2c(=O)[nH]1. The Morgan fingerprint density at radius 2 is 2.44 bits per heavy atom. The molecule has 0 radical (unpaired) electrons. The first kappa shape index (κ1) is 10.8. The number of primary amides is 1. The summed E-state index contributed by atoms with van der Waals surface area (Å²) in [4.78, 5) is 28.9. The number of carbonyl (C=O) groups excluding carboxylic acids is 1. The van der Waals surface area contributed by atoms with Crippen molar-refractivity contribution in [3.8, 4) is 0 Å². The summed E-state index contributed by atoms with van der Waals surface area (Å²) in [6, 6.07) is 1.78. The Hall–Kier alpha value is -1.73. The second-order valence-electron chi connectivity index (χ2n) is 3.22. The van der Waals surface area contributed by atoms with Crippen LogP contribution in [0.3, 0.4) is 0 Å². The summed E-state index contributed by atoms with van der Waals surface area (Å²) in [7, 11) is 0. The van der Waals surface area contributed by atoms with Crippen molar-refractivity contribution in [2.24, 2.45) is 5.73 Å². The topological polar surface area (TPSA) is 101 Å². The molecule has 0 aromatic carbocycles. The number of hydrogen-bond acceptors (Lipinski definition) is 5. The lowest BCUT2D eigenvalue weighted by molar-refractivity contribution is -0.117. The predicted octanol–water partition coefficient (Wildman–Crippen LogP) is -0.440. The Balaban J connectivity index is 2.18. The standard InChI is InChI=1S/C9H10N4O2S/c10-6(14)3-11-4-7-12-5-1-2-16-8(5)9(15)13-7/h1-2,11H,3-4H2,(H2,10,14)(H,12,13,15). The maximum Gasteiger partial charge on any atom is 0.268 e. The lowest BCUT2D eigenvalue weighted by atomic mass is 10.4. The van der Waals surface area contributed by atoms with Gasteiger partial charge in [-0.2, -0.15) is 0 Å². The number of aromatic nitrogens is 2. The molecule has 6 nitrogen and oxygen atoms in total. The third-order valence-corrected chi connectivity index (χ3v) is 2.86. The van der Waals surface area contributed by atoms with Crippen LogP contribution in [0.25, 0.3) is 10.2 Å². The van der Waals surface area contributed by atoms with Gasteiger partial charge in [-0.1, -0.05) is 0 Å². The highest BCUT2D eigenvalue weighted by Gasteiger charge is 2.04. The Morgan fingerprint density at radius 3 is 3.19 bits per heavy atom. The van der Waals surface area contributed by atoms with Crippen LogP contribution in [0, 0.1) is 0 Å². The van der Waals surface area contributed by atoms with Gasteiger partial charge in [0.2, 0.25) is 5.91 Å². The van der Waals surface area contributed by atoms with Crippen LogP contribution < -0.4 is 16.6 Å². The van der Waals surface area contributed by atoms with E-state index in [2.05, 4.69) is 15.3 Å². The van der Waals surface area contributed by atoms with Crippen LogP contribution in [0.4, 0.5) is 0 Å². The normalized spacial score (nSPS) is 10.8. The fraction of sp³-hybridized carbons (Fsp3) is 0.222. The Labute approximate surface area is 94.5 Å². The molecule has 0 aliphatic heterocycles. The minimum absolute atomic E-state index is 0.0609. The number of nitrogens with zero attached hydrogens (tertiary/aromatic N) is 1. The molecule has 0 atom stereocenters. The number of amides is 1. The highest BCUT2D eigenvalue weighted by Crippen LogP contribution is 2.13. The summed E-state index contributed by atoms with van der Waals surface area (Å²) >= 11 is 1.35. The van der Waals surface area contributed by atoms with E-state index in [4.69, 9.17) is 5.73 Å². The molecule has 0 saturated heterocycles. The number of rotatable bonds is 4. The van der Waals surface area contributed by atoms with E-state index in [-0.39, 0.29) is 12.1 Å². The molecular formula is C9H10N4O2S. The largest absolute Gasteiger partial charge is 0.369 e. The summed E-state index contributed by atoms with van der Waals surface area (Å²) < 4.78 is 0.610. The molecule has 2 rings (SSSR count). The van der Waals surface area contributed by atoms with Crippen LogP contribution in [0.15, 0.2) is 16.2 Å². The predicted molar refractivity (Wildman–Crippen MR) is 61.1 cm³/mol. The van der Waals surface area contributed by atoms with Crippen molar-refractivity contribution in [3.05, 3.63) is 27.6 Å². The second kappa shape index (κ2) is 4.42. The van der Waals surface area contributed by atoms with Crippen LogP contribution in [0.2, 0.25) is 0 Å². The summed E-state index contributed by atoms with van der Waals surface area (Å²) in [6.45, 7) is 0.370. The minimum Gasteiger partial charge on any atom is -0.369 e. The van der Waals surface area contributed by atoms with Crippen molar-refractivity contribution in [2.45, 2.75) is 6.54 Å². The van der Waals surface area contributed by atoms with Crippen molar-refractivity contribution in [1.29, 1.82) is 0 Å². The first-order valence-electron chi connectivity index (χ1n) is 4.62. The molecule has 0 aliphatic carbocycles. The zero-order valence-corrected chi connectivity index (χ0v) is 9.13. The van der Waals surface area contributed by atoms with Crippen molar-refractivity contribution in [3.63, 3.8) is 0 Å². The van der Waals surface area contributed by atoms with E-state index >= 15 is 0 Å². The summed E-state index contributed by atoms with van der Waals surface area (Å²) in [5.74, 6) is 0.0520. The molecule has 16 heavy (non-hydrogen) atoms. The van der Waals surface area contributed by atoms with E-state index in [1.807, 2.05) is 5.38 Å². The smallest absolute Gasteiger partial charge is 0.268 e. The monoisotopic (exact) mass is 238 g/mol. The zero-order chi connectivity index (χ0) is 11.5. The Morgan fingerprint density at radius 1 is 1.62 bits per heavy atom. The molecule has 2 aromatic heterocycles. The molecule has 0 bridgehead atoms. The van der Waals surface area contributed by atoms with Gasteiger partial charge in [0.05, 0.1) is 18.6 Å². The summed E-state index contributed by atoms with van der Waals surface area (Å²) in [5.41, 5.74) is 5.48. The van der Waals surface area contributed by atoms with Gasteiger partial charge in [0.1, 0.15) is 10.5 Å². The van der Waals surface area contributed by atoms with Gasteiger partial charge in [-0.25, -0.2) is 4.98 Å². The maximum atomic E-state index is 11.6. The van der Waals surface area contributed by atoms with Crippen molar-refractivity contribution in [2.75, 3.05) is 6.54 Å². The number of carbonyl (C=O) groups is 1. The van der Waals surface area contributed by atoms with Crippen LogP contribution in [0.5, 0.6) is 0 Å². The molecule has 2 aromatic rings. The molecule has 0 spiro atoms. The third-order valence-electron chi connectivity index (χ3n) is 1.96. The summed E-state index contributed by atoms with van der Waals surface area (Å²) in [5, 5.41) is 4.59. The first-order chi connectivity index (χ1) is 7.66. The number of nitrogens with one attached hydrogen (secondary N) is 2. The van der Waals surface area contributed by atoms with E-state index in [0.29, 0.717) is 22.6 Å². The number of hydrogen-bond donors (Lipinski definition) is 3. The van der Waals surface area contributed by atoms with Crippen LogP contribution in [0.1, 0.15) is 5.82 Å². The lowest BCUT2D eigenvalue weighted by Gasteiger charge is -2.01. The molecule has 0 aliphatic rings. The molecule has 0 saturated carbocycles. The first-order valence-corrected chi connectivity index (χ1v) is 5.50. The highest BCUT2D eigenvalue weighted by molar-refractivity contribution is 7.17. The molecular weight excluding hydrogens is 228 g/mol. The summed E-state index contributed by atoms with van der Waals surface area (Å²) in [6.07, 6.45) is 0. The van der Waals surface area contributed by atoms with E-state index in [0.717, 1.165) is 0 Å². The van der Waals surface area contributed by atoms with E-state index in [9.17, 15) is 9.59 Å². The Kier molecular flexibility index (Phi) is 2.97. The molecule has 84 valence electrons. The van der Waals surface area contributed by atoms with Crippen molar-refractivity contribution >= 4 is 27.5 Å². The van der Waals surface area contributed by atoms with Gasteiger partial charge < -0.3 is 16.0 Å². The van der Waals surface area contributed by atoms with E-state index in [1.165, 1.54) is 11.3 Å². The average Bonchev–Trinajstić information content (AvgIpc) is 2.65. The van der Waals surface area contributed by atoms with Gasteiger partial charge in [0.15, 0.2) is 0 Å². The highest BCUT2D eigenvalue weighted by atomic mass is 32.1. The molecule has 0 unspecified atom stereocenters. The molecule has 7 heteroatoms. The minimum atomic E-state index is -0.445. The lowest BCUT2D eigenvalue weighted by Crippen LogP contribution is -2.29. The van der Waals surface area contributed by atoms with Gasteiger partial charge in [-0.05, 0) is 11.4 Å². The quantitative estimate of drug-likeness (QED) is 0.672. The van der Waals surface area contributed by atoms with Crippen molar-refractivity contribution in [1.82, 2.24) is 15.3 Å². The zero-order valence-electron chi connectivity index (χ0n) is 8.32. The number of nitrogens with two attached hydrogens (primary N) is 1. The molecule has 1 amide bonds. The average molecular weight is 238 g/mol. The van der Waals surface area contributed by atoms with Crippen LogP contribution in [-0.2, 0) is 11.3 Å². The third kappa shape index (κ3) is 2.26. The van der Waals surface area contributed by atoms with Crippen LogP contribution in [-0.4, -0.2) is 22.4 Å². The van der Waals surface area contributed by atoms with Crippen molar-refractivity contribution < 1.29 is 4.79 Å². The van der Waals surface area contributed by atoms with E-state index in [1.54, 1.807) is 6.07 Å². The fourth-order valence-corrected chi connectivity index (χ4v) is 2.03. The number of thiophene rings is 1. The molecule has 4 N–H and O–H groups in total. The van der Waals surface area contributed by atoms with Gasteiger partial charge in [0.25, 0.3) is 5.56 Å². The van der Waals surface area contributed by atoms with Gasteiger partial charge in [0, 0.05) is 0 Å². The van der Waals surface area contributed by atoms with E-state index < -0.39 is 5.91 Å². The maximum absolute atomic E-state index is 11.6. The molecule has 2 heterocycles. The second-order valence-corrected chi connectivity index (χ2v) is 4.13. The fourth-order valence-electron chi connectivity index (χ4n) is 1.31. The Bertz CT molecular complexity index is 574. The molecule has 0 fully saturated rings. The number of aromatic amines is 1. The van der Waals surface area contributed by atoms with Gasteiger partial charge in [-0.3, -0.25) is 9.59 Å². The van der Waals surface area contributed by atoms with Gasteiger partial charge in [-0.15, -0.1) is 11.3 Å².